The van der Waals surface area contributed by atoms with E-state index in [1.807, 2.05) is 32.0 Å². The van der Waals surface area contributed by atoms with Crippen molar-refractivity contribution in [2.75, 3.05) is 38.7 Å². The lowest BCUT2D eigenvalue weighted by Gasteiger charge is -2.32. The number of aryl methyl sites for hydroxylation is 1. The van der Waals surface area contributed by atoms with Gasteiger partial charge in [-0.1, -0.05) is 38.0 Å². The van der Waals surface area contributed by atoms with Gasteiger partial charge in [0.25, 0.3) is 11.8 Å². The average molecular weight is 606 g/mol. The Kier molecular flexibility index (Phi) is 11.1. The maximum atomic E-state index is 13.3. The van der Waals surface area contributed by atoms with E-state index in [9.17, 15) is 9.59 Å². The maximum Gasteiger partial charge on any atom is 0.274 e. The van der Waals surface area contributed by atoms with E-state index < -0.39 is 5.54 Å². The third-order valence-corrected chi connectivity index (χ3v) is 9.38. The van der Waals surface area contributed by atoms with Gasteiger partial charge >= 0.3 is 0 Å². The van der Waals surface area contributed by atoms with Crippen molar-refractivity contribution in [3.05, 3.63) is 52.4 Å². The van der Waals surface area contributed by atoms with Gasteiger partial charge < -0.3 is 25.4 Å². The Labute approximate surface area is 259 Å². The van der Waals surface area contributed by atoms with E-state index >= 15 is 0 Å². The van der Waals surface area contributed by atoms with Crippen molar-refractivity contribution >= 4 is 17.8 Å². The van der Waals surface area contributed by atoms with Crippen molar-refractivity contribution in [3.8, 4) is 0 Å². The highest BCUT2D eigenvalue weighted by Crippen LogP contribution is 2.39. The number of hydrogen-bond donors (Lipinski definition) is 3. The summed E-state index contributed by atoms with van der Waals surface area (Å²) in [6.45, 7) is 6.79. The molecule has 2 unspecified atom stereocenters. The molecule has 5 rings (SSSR count). The summed E-state index contributed by atoms with van der Waals surface area (Å²) in [7, 11) is 1.68. The summed E-state index contributed by atoms with van der Waals surface area (Å²) in [5.41, 5.74) is 0.856. The average Bonchev–Trinajstić information content (AvgIpc) is 3.60. The number of hydrogen-bond acceptors (Lipinski definition) is 9. The monoisotopic (exact) mass is 605 g/mol. The van der Waals surface area contributed by atoms with Gasteiger partial charge in [-0.15, -0.1) is 0 Å². The lowest BCUT2D eigenvalue weighted by atomic mass is 9.79. The molecule has 1 aliphatic carbocycles. The second-order valence-corrected chi connectivity index (χ2v) is 12.1. The Morgan fingerprint density at radius 1 is 1.09 bits per heavy atom. The van der Waals surface area contributed by atoms with Gasteiger partial charge in [-0.05, 0) is 83.0 Å². The Morgan fingerprint density at radius 3 is 2.55 bits per heavy atom. The molecular formula is C33H47N7O4. The Bertz CT molecular complexity index is 1390. The predicted molar refractivity (Wildman–Crippen MR) is 167 cm³/mol. The van der Waals surface area contributed by atoms with Crippen LogP contribution in [0, 0.1) is 12.8 Å². The molecular weight excluding hydrogens is 558 g/mol. The fourth-order valence-electron chi connectivity index (χ4n) is 6.79. The van der Waals surface area contributed by atoms with Crippen LogP contribution in [-0.4, -0.2) is 78.9 Å². The number of piperidine rings is 1. The first-order chi connectivity index (χ1) is 21.4. The maximum absolute atomic E-state index is 13.3. The fraction of sp³-hybridized carbons (Fsp3) is 0.636. The quantitative estimate of drug-likeness (QED) is 0.299. The third-order valence-electron chi connectivity index (χ3n) is 9.38. The zero-order valence-electron chi connectivity index (χ0n) is 26.3. The van der Waals surface area contributed by atoms with Crippen LogP contribution in [0.4, 0.5) is 5.95 Å². The number of methoxy groups -OCH3 is 1. The molecule has 11 heteroatoms. The lowest BCUT2D eigenvalue weighted by Crippen LogP contribution is -2.52. The Balaban J connectivity index is 1.35. The minimum Gasteiger partial charge on any atom is -0.379 e. The molecule has 2 aliphatic heterocycles. The van der Waals surface area contributed by atoms with Crippen LogP contribution in [0.2, 0.25) is 0 Å². The van der Waals surface area contributed by atoms with Gasteiger partial charge in [0, 0.05) is 25.8 Å². The highest BCUT2D eigenvalue weighted by Gasteiger charge is 2.46. The summed E-state index contributed by atoms with van der Waals surface area (Å²) in [4.78, 5) is 45.0. The number of aromatic nitrogens is 2. The van der Waals surface area contributed by atoms with E-state index in [0.717, 1.165) is 51.6 Å². The first-order valence-corrected chi connectivity index (χ1v) is 16.3. The number of carbonyl (C=O) groups is 2. The smallest absolute Gasteiger partial charge is 0.274 e. The van der Waals surface area contributed by atoms with Crippen molar-refractivity contribution in [1.29, 1.82) is 0 Å². The van der Waals surface area contributed by atoms with E-state index in [1.54, 1.807) is 19.2 Å². The molecule has 3 heterocycles. The second-order valence-electron chi connectivity index (χ2n) is 12.1. The molecule has 2 aromatic rings. The molecule has 1 aromatic carbocycles. The molecule has 2 amide bonds. The third kappa shape index (κ3) is 7.50. The number of fused-ring (bicyclic) bond motifs is 1. The number of nitrogens with one attached hydrogen (secondary N) is 3. The molecule has 3 N–H and O–H groups in total. The molecule has 1 saturated heterocycles. The van der Waals surface area contributed by atoms with Gasteiger partial charge in [-0.25, -0.2) is 15.0 Å². The highest BCUT2D eigenvalue weighted by molar-refractivity contribution is 5.94. The zero-order valence-corrected chi connectivity index (χ0v) is 26.3. The molecule has 0 bridgehead atoms. The van der Waals surface area contributed by atoms with Crippen LogP contribution in [0.1, 0.15) is 80.8 Å². The fourth-order valence-corrected chi connectivity index (χ4v) is 6.79. The van der Waals surface area contributed by atoms with Crippen molar-refractivity contribution < 1.29 is 19.1 Å². The van der Waals surface area contributed by atoms with Gasteiger partial charge in [0.1, 0.15) is 10.9 Å². The first kappa shape index (κ1) is 32.1. The van der Waals surface area contributed by atoms with Gasteiger partial charge in [-0.3, -0.25) is 9.59 Å². The van der Waals surface area contributed by atoms with Crippen LogP contribution in [-0.2, 0) is 14.3 Å². The van der Waals surface area contributed by atoms with Crippen LogP contribution in [0.5, 0.6) is 0 Å². The normalized spacial score (nSPS) is 22.0. The van der Waals surface area contributed by atoms with E-state index in [4.69, 9.17) is 24.4 Å². The molecule has 0 spiro atoms. The molecule has 1 saturated carbocycles. The van der Waals surface area contributed by atoms with E-state index in [1.165, 1.54) is 0 Å². The minimum absolute atomic E-state index is 0.116. The minimum atomic E-state index is -0.852. The number of amides is 2. The predicted octanol–water partition coefficient (Wildman–Crippen LogP) is 2.68. The largest absolute Gasteiger partial charge is 0.379 e. The number of benzene rings is 1. The summed E-state index contributed by atoms with van der Waals surface area (Å²) in [5, 5.41) is 10.4. The number of ether oxygens (including phenoxy) is 2. The van der Waals surface area contributed by atoms with Crippen molar-refractivity contribution in [1.82, 2.24) is 20.6 Å². The highest BCUT2D eigenvalue weighted by atomic mass is 16.5. The van der Waals surface area contributed by atoms with Crippen molar-refractivity contribution in [2.24, 2.45) is 15.9 Å². The molecule has 1 aromatic heterocycles. The molecule has 238 valence electrons. The zero-order chi connectivity index (χ0) is 30.9. The lowest BCUT2D eigenvalue weighted by molar-refractivity contribution is -0.125. The molecule has 2 fully saturated rings. The second kappa shape index (κ2) is 15.1. The standard InChI is InChI=1S/C33H47N7O4/c1-4-33(24-12-8-9-13-24)31(42)38-28-22(2)36-32(39-29(28)40-33)37-26(17-21-44-25-14-18-34-19-15-25)27(43-3)16-20-35-30(41)23-10-6-5-7-11-23/h5-7,10-11,24-27,34H,4,8-9,12-21H2,1-3H3,(H,35,41)(H,37,39,40)/t26?,27?,33-/m1/s1. The van der Waals surface area contributed by atoms with Gasteiger partial charge in [-0.2, -0.15) is 4.98 Å². The van der Waals surface area contributed by atoms with Crippen LogP contribution in [0.15, 0.2) is 40.3 Å². The van der Waals surface area contributed by atoms with Crippen molar-refractivity contribution in [2.45, 2.75) is 95.4 Å². The van der Waals surface area contributed by atoms with E-state index in [2.05, 4.69) is 20.9 Å². The number of carbonyl (C=O) groups excluding carboxylic acids is 2. The molecule has 3 aliphatic rings. The first-order valence-electron chi connectivity index (χ1n) is 16.3. The van der Waals surface area contributed by atoms with Crippen molar-refractivity contribution in [3.63, 3.8) is 0 Å². The van der Waals surface area contributed by atoms with E-state index in [0.29, 0.717) is 60.5 Å². The molecule has 11 nitrogen and oxygen atoms in total. The number of rotatable bonds is 14. The van der Waals surface area contributed by atoms with Gasteiger partial charge in [0.2, 0.25) is 5.95 Å². The topological polar surface area (TPSA) is 139 Å². The summed E-state index contributed by atoms with van der Waals surface area (Å²) >= 11 is 0. The summed E-state index contributed by atoms with van der Waals surface area (Å²) in [6.07, 6.45) is 8.02. The van der Waals surface area contributed by atoms with Crippen LogP contribution >= 0.6 is 0 Å². The Hall–Kier alpha value is -3.28. The molecule has 0 radical (unpaired) electrons. The number of nitrogens with zero attached hydrogens (tertiary/aromatic N) is 4. The van der Waals surface area contributed by atoms with Crippen LogP contribution < -0.4 is 26.8 Å². The summed E-state index contributed by atoms with van der Waals surface area (Å²) < 4.78 is 12.2. The SMILES string of the molecule is CC[C@]1(C2CCCC2)N=c2nc(NC(CCOC3CCNCC3)C(CCNC(=O)c3ccccc3)OC)nc(C)c2=NC1=O. The molecule has 3 atom stereocenters. The van der Waals surface area contributed by atoms with Crippen LogP contribution in [0.25, 0.3) is 0 Å². The summed E-state index contributed by atoms with van der Waals surface area (Å²) in [6, 6.07) is 8.99. The van der Waals surface area contributed by atoms with Gasteiger partial charge in [0.05, 0.1) is 23.9 Å². The Morgan fingerprint density at radius 2 is 1.84 bits per heavy atom. The van der Waals surface area contributed by atoms with Gasteiger partial charge in [0.15, 0.2) is 5.49 Å². The molecule has 44 heavy (non-hydrogen) atoms. The summed E-state index contributed by atoms with van der Waals surface area (Å²) in [5.74, 6) is 0.326. The van der Waals surface area contributed by atoms with Crippen LogP contribution in [0.3, 0.4) is 0 Å². The van der Waals surface area contributed by atoms with E-state index in [-0.39, 0.29) is 36.0 Å². The number of anilines is 1.